The maximum Gasteiger partial charge on any atom is 1.00 e. The van der Waals surface area contributed by atoms with Crippen LogP contribution in [-0.2, 0) is 4.57 Å². The predicted molar refractivity (Wildman–Crippen MR) is 48.1 cm³/mol. The molecule has 0 radical (unpaired) electrons. The normalized spacial score (nSPS) is 12.8. The fourth-order valence-electron chi connectivity index (χ4n) is 0.788. The molecule has 1 rings (SSSR count). The van der Waals surface area contributed by atoms with Crippen molar-refractivity contribution >= 4 is 13.3 Å². The second-order valence-electron chi connectivity index (χ2n) is 2.44. The Morgan fingerprint density at radius 2 is 1.94 bits per heavy atom. The summed E-state index contributed by atoms with van der Waals surface area (Å²) in [6.45, 7) is 0. The first-order valence-corrected chi connectivity index (χ1v) is 5.15. The smallest absolute Gasteiger partial charge is 1.00 e. The molecule has 0 aliphatic rings. The van der Waals surface area contributed by atoms with Gasteiger partial charge in [0.1, 0.15) is 5.75 Å². The van der Waals surface area contributed by atoms with E-state index >= 15 is 0 Å². The van der Waals surface area contributed by atoms with Gasteiger partial charge in [0.05, 0.1) is 4.92 Å². The first-order valence-electron chi connectivity index (χ1n) is 3.61. The van der Waals surface area contributed by atoms with E-state index < -0.39 is 12.5 Å². The fraction of sp³-hybridized carbons (Fsp3) is 0. The fourth-order valence-corrected chi connectivity index (χ4v) is 1.23. The summed E-state index contributed by atoms with van der Waals surface area (Å²) in [6, 6.07) is 4.35. The number of nitro benzene ring substituents is 1. The van der Waals surface area contributed by atoms with Crippen LogP contribution >= 0.6 is 7.60 Å². The number of nitrogens with zero attached hydrogens (tertiary/aromatic N) is 2. The number of nitro groups is 1. The summed E-state index contributed by atoms with van der Waals surface area (Å²) < 4.78 is 15.0. The molecule has 0 heterocycles. The zero-order valence-corrected chi connectivity index (χ0v) is 9.09. The molecule has 7 nitrogen and oxygen atoms in total. The minimum atomic E-state index is -4.55. The van der Waals surface area contributed by atoms with Crippen molar-refractivity contribution in [3.8, 4) is 11.6 Å². The Hall–Kier alpha value is -1.30. The molecule has 0 aromatic heterocycles. The summed E-state index contributed by atoms with van der Waals surface area (Å²) in [5, 5.41) is 18.4. The van der Waals surface area contributed by atoms with Gasteiger partial charge in [-0.25, -0.2) is 0 Å². The van der Waals surface area contributed by atoms with E-state index in [1.165, 1.54) is 0 Å². The molecule has 0 bridgehead atoms. The molecule has 16 heavy (non-hydrogen) atoms. The molecule has 0 fully saturated rings. The van der Waals surface area contributed by atoms with Crippen LogP contribution < -0.4 is 28.3 Å². The molecule has 0 aliphatic heterocycles. The van der Waals surface area contributed by atoms with Gasteiger partial charge >= 0.3 is 18.9 Å². The van der Waals surface area contributed by atoms with E-state index in [-0.39, 0.29) is 31.7 Å². The van der Waals surface area contributed by atoms with Crippen molar-refractivity contribution in [2.75, 3.05) is 0 Å². The zero-order valence-electron chi connectivity index (χ0n) is 9.19. The predicted octanol–water partition coefficient (Wildman–Crippen LogP) is -1.88. The van der Waals surface area contributed by atoms with Crippen LogP contribution in [-0.4, -0.2) is 4.92 Å². The summed E-state index contributed by atoms with van der Waals surface area (Å²) in [6.07, 6.45) is 0. The van der Waals surface area contributed by atoms with Crippen LogP contribution in [0, 0.1) is 21.2 Å². The number of benzene rings is 1. The molecule has 0 amide bonds. The molecule has 0 spiro atoms. The van der Waals surface area contributed by atoms with E-state index in [1.807, 2.05) is 0 Å². The Morgan fingerprint density at radius 1 is 1.44 bits per heavy atom. The van der Waals surface area contributed by atoms with Crippen LogP contribution in [0.4, 0.5) is 5.69 Å². The van der Waals surface area contributed by atoms with Gasteiger partial charge in [0, 0.05) is 12.1 Å². The van der Waals surface area contributed by atoms with E-state index in [0.29, 0.717) is 0 Å². The number of non-ortho nitro benzene ring substituents is 1. The van der Waals surface area contributed by atoms with Crippen molar-refractivity contribution in [3.63, 3.8) is 0 Å². The topological polar surface area (TPSA) is 116 Å². The largest absolute Gasteiger partial charge is 1.00 e. The Balaban J connectivity index is 0. The summed E-state index contributed by atoms with van der Waals surface area (Å²) in [7, 11) is -4.55. The first kappa shape index (κ1) is 14.7. The minimum Gasteiger partial charge on any atom is -1.00 e. The third-order valence-corrected chi connectivity index (χ3v) is 2.09. The molecule has 1 unspecified atom stereocenters. The number of hydrogen-bond donors (Lipinski definition) is 0. The molecule has 80 valence electrons. The third-order valence-electron chi connectivity index (χ3n) is 1.40. The van der Waals surface area contributed by atoms with Crippen molar-refractivity contribution in [3.05, 3.63) is 34.4 Å². The maximum absolute atomic E-state index is 10.7. The summed E-state index contributed by atoms with van der Waals surface area (Å²) in [5.41, 5.74) is -0.194. The molecular weight excluding hydrogens is 230 g/mol. The van der Waals surface area contributed by atoms with Gasteiger partial charge in [-0.2, -0.15) is 5.26 Å². The minimum absolute atomic E-state index is 0. The van der Waals surface area contributed by atoms with Crippen LogP contribution in [0.25, 0.3) is 0 Å². The quantitative estimate of drug-likeness (QED) is 0.262. The molecule has 1 aromatic carbocycles. The van der Waals surface area contributed by atoms with Gasteiger partial charge in [0.15, 0.2) is 5.81 Å². The Labute approximate surface area is 104 Å². The molecule has 1 aromatic rings. The summed E-state index contributed by atoms with van der Waals surface area (Å²) >= 11 is 0. The van der Waals surface area contributed by atoms with Gasteiger partial charge in [-0.3, -0.25) is 14.7 Å². The van der Waals surface area contributed by atoms with Crippen LogP contribution in [0.2, 0.25) is 0 Å². The summed E-state index contributed by atoms with van der Waals surface area (Å²) in [5.74, 6) is 0.833. The molecule has 9 heteroatoms. The summed E-state index contributed by atoms with van der Waals surface area (Å²) in [4.78, 5) is 20.3. The van der Waals surface area contributed by atoms with E-state index in [9.17, 15) is 19.6 Å². The first-order chi connectivity index (χ1) is 6.94. The molecule has 0 saturated carbocycles. The second-order valence-corrected chi connectivity index (χ2v) is 3.82. The standard InChI is InChI=1S/C7H5N2O5P.Li.H/c8-5-15(12,13)14-7-3-1-6(2-4-7)9(10)11;;/h1-4H,(H,12,13);;/q;+1;-1/p-1. The zero-order chi connectivity index (χ0) is 11.5. The van der Waals surface area contributed by atoms with Gasteiger partial charge in [0.25, 0.3) is 13.3 Å². The van der Waals surface area contributed by atoms with Gasteiger partial charge in [0.2, 0.25) is 0 Å². The van der Waals surface area contributed by atoms with E-state index in [1.54, 1.807) is 0 Å². The maximum atomic E-state index is 10.7. The van der Waals surface area contributed by atoms with Crippen molar-refractivity contribution in [2.24, 2.45) is 0 Å². The van der Waals surface area contributed by atoms with Gasteiger partial charge in [-0.1, -0.05) is 0 Å². The molecule has 0 saturated heterocycles. The Bertz CT molecular complexity index is 474. The Morgan fingerprint density at radius 3 is 2.31 bits per heavy atom. The van der Waals surface area contributed by atoms with Gasteiger partial charge in [-0.05, 0) is 12.1 Å². The van der Waals surface area contributed by atoms with Gasteiger partial charge < -0.3 is 10.8 Å². The molecule has 0 aliphatic carbocycles. The Kier molecular flexibility index (Phi) is 5.23. The van der Waals surface area contributed by atoms with Crippen LogP contribution in [0.5, 0.6) is 5.75 Å². The van der Waals surface area contributed by atoms with Crippen molar-refractivity contribution in [1.29, 1.82) is 5.26 Å². The molecule has 1 atom stereocenters. The third kappa shape index (κ3) is 4.06. The number of nitriles is 1. The molecular formula is C7H5LiN2O5P-. The average Bonchev–Trinajstić information content (AvgIpc) is 2.18. The molecule has 0 N–H and O–H groups in total. The van der Waals surface area contributed by atoms with Crippen LogP contribution in [0.15, 0.2) is 24.3 Å². The van der Waals surface area contributed by atoms with Crippen LogP contribution in [0.1, 0.15) is 1.43 Å². The van der Waals surface area contributed by atoms with Crippen molar-refractivity contribution < 1.29 is 39.2 Å². The SMILES string of the molecule is N#CP(=O)([O-])Oc1ccc([N+](=O)[O-])cc1.[H-].[Li+]. The van der Waals surface area contributed by atoms with E-state index in [4.69, 9.17) is 5.26 Å². The van der Waals surface area contributed by atoms with Gasteiger partial charge in [-0.15, -0.1) is 0 Å². The van der Waals surface area contributed by atoms with Crippen molar-refractivity contribution in [1.82, 2.24) is 0 Å². The second kappa shape index (κ2) is 5.69. The number of hydrogen-bond acceptors (Lipinski definition) is 6. The van der Waals surface area contributed by atoms with E-state index in [2.05, 4.69) is 4.52 Å². The average molecular weight is 235 g/mol. The van der Waals surface area contributed by atoms with Crippen molar-refractivity contribution in [2.45, 2.75) is 0 Å². The monoisotopic (exact) mass is 235 g/mol. The van der Waals surface area contributed by atoms with E-state index in [0.717, 1.165) is 30.1 Å². The number of rotatable bonds is 3. The van der Waals surface area contributed by atoms with Crippen LogP contribution in [0.3, 0.4) is 0 Å².